The molecule has 0 aromatic carbocycles. The number of hydrogen-bond acceptors (Lipinski definition) is 8. The number of aromatic nitrogens is 5. The van der Waals surface area contributed by atoms with E-state index in [0.29, 0.717) is 24.0 Å². The Hall–Kier alpha value is -2.87. The van der Waals surface area contributed by atoms with E-state index >= 15 is 0 Å². The Kier molecular flexibility index (Phi) is 4.10. The van der Waals surface area contributed by atoms with E-state index in [4.69, 9.17) is 4.52 Å². The summed E-state index contributed by atoms with van der Waals surface area (Å²) in [6, 6.07) is 5.63. The quantitative estimate of drug-likeness (QED) is 0.709. The normalized spacial score (nSPS) is 14.3. The van der Waals surface area contributed by atoms with Crippen molar-refractivity contribution in [3.63, 3.8) is 0 Å². The Morgan fingerprint density at radius 3 is 2.92 bits per heavy atom. The van der Waals surface area contributed by atoms with Crippen LogP contribution in [0.1, 0.15) is 17.1 Å². The van der Waals surface area contributed by atoms with E-state index < -0.39 is 0 Å². The first-order chi connectivity index (χ1) is 12.2. The van der Waals surface area contributed by atoms with E-state index in [2.05, 4.69) is 30.0 Å². The molecule has 0 unspecified atom stereocenters. The molecule has 1 aliphatic rings. The molecule has 0 saturated carbocycles. The van der Waals surface area contributed by atoms with E-state index in [1.54, 1.807) is 12.5 Å². The Bertz CT molecular complexity index is 862. The highest BCUT2D eigenvalue weighted by Gasteiger charge is 2.23. The molecule has 0 N–H and O–H groups in total. The number of fused-ring (bicyclic) bond motifs is 1. The third-order valence-corrected chi connectivity index (χ3v) is 4.20. The summed E-state index contributed by atoms with van der Waals surface area (Å²) in [7, 11) is 4.00. The van der Waals surface area contributed by atoms with E-state index in [1.165, 1.54) is 5.56 Å². The first-order valence-corrected chi connectivity index (χ1v) is 8.17. The first kappa shape index (κ1) is 15.6. The lowest BCUT2D eigenvalue weighted by Crippen LogP contribution is -2.32. The number of pyridine rings is 1. The van der Waals surface area contributed by atoms with E-state index in [-0.39, 0.29) is 0 Å². The molecule has 25 heavy (non-hydrogen) atoms. The fourth-order valence-electron chi connectivity index (χ4n) is 3.01. The summed E-state index contributed by atoms with van der Waals surface area (Å²) in [4.78, 5) is 21.8. The predicted molar refractivity (Wildman–Crippen MR) is 91.7 cm³/mol. The molecule has 0 radical (unpaired) electrons. The summed E-state index contributed by atoms with van der Waals surface area (Å²) in [6.07, 6.45) is 4.25. The van der Waals surface area contributed by atoms with Gasteiger partial charge in [0.15, 0.2) is 0 Å². The average Bonchev–Trinajstić information content (AvgIpc) is 3.10. The first-order valence-electron chi connectivity index (χ1n) is 8.17. The standard InChI is InChI=1S/C17H19N7O/c1-23(2)17-12-9-24(8-6-13(12)19-11-20-17)10-15-21-16(22-25-15)14-5-3-4-7-18-14/h3-5,7,11H,6,8-10H2,1-2H3. The maximum absolute atomic E-state index is 5.40. The average molecular weight is 337 g/mol. The maximum Gasteiger partial charge on any atom is 0.241 e. The molecule has 0 saturated heterocycles. The van der Waals surface area contributed by atoms with E-state index in [9.17, 15) is 0 Å². The van der Waals surface area contributed by atoms with E-state index in [0.717, 1.165) is 31.0 Å². The fraction of sp³-hybridized carbons (Fsp3) is 0.353. The van der Waals surface area contributed by atoms with Gasteiger partial charge in [0.05, 0.1) is 12.2 Å². The molecule has 0 aliphatic carbocycles. The maximum atomic E-state index is 5.40. The zero-order valence-corrected chi connectivity index (χ0v) is 14.3. The van der Waals surface area contributed by atoms with Crippen molar-refractivity contribution in [3.8, 4) is 11.5 Å². The Labute approximate surface area is 145 Å². The third kappa shape index (κ3) is 3.20. The van der Waals surface area contributed by atoms with Gasteiger partial charge in [-0.1, -0.05) is 11.2 Å². The highest BCUT2D eigenvalue weighted by atomic mass is 16.5. The largest absolute Gasteiger partial charge is 0.362 e. The Morgan fingerprint density at radius 2 is 2.12 bits per heavy atom. The smallest absolute Gasteiger partial charge is 0.241 e. The van der Waals surface area contributed by atoms with Crippen LogP contribution in [0.15, 0.2) is 35.2 Å². The molecule has 0 fully saturated rings. The SMILES string of the molecule is CN(C)c1ncnc2c1CN(Cc1nc(-c3ccccn3)no1)CC2. The van der Waals surface area contributed by atoms with Crippen LogP contribution in [0.2, 0.25) is 0 Å². The van der Waals surface area contributed by atoms with Gasteiger partial charge in [-0.15, -0.1) is 0 Å². The predicted octanol–water partition coefficient (Wildman–Crippen LogP) is 1.55. The minimum Gasteiger partial charge on any atom is -0.362 e. The molecule has 8 heteroatoms. The van der Waals surface area contributed by atoms with Gasteiger partial charge in [0.25, 0.3) is 0 Å². The Morgan fingerprint density at radius 1 is 1.20 bits per heavy atom. The second kappa shape index (κ2) is 6.56. The monoisotopic (exact) mass is 337 g/mol. The lowest BCUT2D eigenvalue weighted by atomic mass is 10.1. The number of rotatable bonds is 4. The van der Waals surface area contributed by atoms with Gasteiger partial charge >= 0.3 is 0 Å². The van der Waals surface area contributed by atoms with Crippen LogP contribution in [0, 0.1) is 0 Å². The van der Waals surface area contributed by atoms with Crippen LogP contribution in [-0.4, -0.2) is 50.6 Å². The van der Waals surface area contributed by atoms with Crippen LogP contribution in [0.4, 0.5) is 5.82 Å². The second-order valence-corrected chi connectivity index (χ2v) is 6.20. The highest BCUT2D eigenvalue weighted by Crippen LogP contribution is 2.25. The molecule has 8 nitrogen and oxygen atoms in total. The molecule has 3 aromatic rings. The molecule has 0 spiro atoms. The van der Waals surface area contributed by atoms with E-state index in [1.807, 2.05) is 37.2 Å². The van der Waals surface area contributed by atoms with Crippen LogP contribution < -0.4 is 4.90 Å². The molecular weight excluding hydrogens is 318 g/mol. The number of anilines is 1. The van der Waals surface area contributed by atoms with Crippen molar-refractivity contribution in [3.05, 3.63) is 47.9 Å². The van der Waals surface area contributed by atoms with Crippen molar-refractivity contribution in [2.45, 2.75) is 19.5 Å². The number of nitrogens with zero attached hydrogens (tertiary/aromatic N) is 7. The molecule has 0 bridgehead atoms. The van der Waals surface area contributed by atoms with Gasteiger partial charge in [0.1, 0.15) is 17.8 Å². The van der Waals surface area contributed by atoms with Gasteiger partial charge in [-0.25, -0.2) is 9.97 Å². The fourth-order valence-corrected chi connectivity index (χ4v) is 3.01. The molecule has 0 amide bonds. The van der Waals surface area contributed by atoms with Crippen molar-refractivity contribution in [2.75, 3.05) is 25.5 Å². The van der Waals surface area contributed by atoms with Crippen molar-refractivity contribution >= 4 is 5.82 Å². The van der Waals surface area contributed by atoms with Crippen molar-refractivity contribution in [1.29, 1.82) is 0 Å². The zero-order chi connectivity index (χ0) is 17.2. The van der Waals surface area contributed by atoms with Crippen LogP contribution in [0.3, 0.4) is 0 Å². The summed E-state index contributed by atoms with van der Waals surface area (Å²) < 4.78 is 5.40. The third-order valence-electron chi connectivity index (χ3n) is 4.20. The van der Waals surface area contributed by atoms with Gasteiger partial charge < -0.3 is 9.42 Å². The van der Waals surface area contributed by atoms with Crippen LogP contribution >= 0.6 is 0 Å². The summed E-state index contributed by atoms with van der Waals surface area (Å²) in [5, 5.41) is 4.03. The summed E-state index contributed by atoms with van der Waals surface area (Å²) in [5.74, 6) is 2.08. The van der Waals surface area contributed by atoms with Gasteiger partial charge in [-0.2, -0.15) is 4.98 Å². The molecule has 128 valence electrons. The lowest BCUT2D eigenvalue weighted by Gasteiger charge is -2.29. The van der Waals surface area contributed by atoms with Crippen LogP contribution in [0.25, 0.3) is 11.5 Å². The molecular formula is C17H19N7O. The van der Waals surface area contributed by atoms with Gasteiger partial charge in [-0.05, 0) is 12.1 Å². The van der Waals surface area contributed by atoms with Crippen molar-refractivity contribution in [2.24, 2.45) is 0 Å². The molecule has 3 aromatic heterocycles. The topological polar surface area (TPSA) is 84.1 Å². The van der Waals surface area contributed by atoms with Gasteiger partial charge in [-0.3, -0.25) is 9.88 Å². The van der Waals surface area contributed by atoms with Crippen molar-refractivity contribution < 1.29 is 4.52 Å². The van der Waals surface area contributed by atoms with Gasteiger partial charge in [0.2, 0.25) is 11.7 Å². The van der Waals surface area contributed by atoms with Gasteiger partial charge in [0, 0.05) is 45.4 Å². The molecule has 4 heterocycles. The highest BCUT2D eigenvalue weighted by molar-refractivity contribution is 5.48. The molecule has 1 aliphatic heterocycles. The second-order valence-electron chi connectivity index (χ2n) is 6.20. The summed E-state index contributed by atoms with van der Waals surface area (Å²) in [6.45, 7) is 2.27. The molecule has 0 atom stereocenters. The minimum atomic E-state index is 0.519. The molecule has 4 rings (SSSR count). The zero-order valence-electron chi connectivity index (χ0n) is 14.3. The van der Waals surface area contributed by atoms with Crippen molar-refractivity contribution in [1.82, 2.24) is 30.0 Å². The minimum absolute atomic E-state index is 0.519. The van der Waals surface area contributed by atoms with Crippen LogP contribution in [0.5, 0.6) is 0 Å². The van der Waals surface area contributed by atoms with Crippen LogP contribution in [-0.2, 0) is 19.5 Å². The summed E-state index contributed by atoms with van der Waals surface area (Å²) >= 11 is 0. The number of hydrogen-bond donors (Lipinski definition) is 0. The lowest BCUT2D eigenvalue weighted by molar-refractivity contribution is 0.209. The Balaban J connectivity index is 1.51. The summed E-state index contributed by atoms with van der Waals surface area (Å²) in [5.41, 5.74) is 3.00.